The molecule has 10 aliphatic rings. The zero-order valence-electron chi connectivity index (χ0n) is 69.3. The van der Waals surface area contributed by atoms with Gasteiger partial charge in [-0.15, -0.1) is 0 Å². The number of hydrogen-bond donors (Lipinski definition) is 12. The third kappa shape index (κ3) is 18.3. The van der Waals surface area contributed by atoms with Crippen molar-refractivity contribution in [2.45, 2.75) is 201 Å². The average Bonchev–Trinajstić information content (AvgIpc) is 1.58. The van der Waals surface area contributed by atoms with Crippen molar-refractivity contribution in [2.24, 2.45) is 56.4 Å². The van der Waals surface area contributed by atoms with Gasteiger partial charge in [0.2, 0.25) is 5.95 Å². The highest BCUT2D eigenvalue weighted by Crippen LogP contribution is 2.56. The average molecular weight is 1820 g/mol. The molecule has 654 valence electrons. The number of anilines is 10. The van der Waals surface area contributed by atoms with Crippen LogP contribution in [0.2, 0.25) is 15.1 Å². The summed E-state index contributed by atoms with van der Waals surface area (Å²) in [6, 6.07) is 15.9. The number of aromatic nitrogens is 13. The van der Waals surface area contributed by atoms with Crippen LogP contribution in [-0.4, -0.2) is 145 Å². The van der Waals surface area contributed by atoms with Gasteiger partial charge in [0.15, 0.2) is 34.9 Å². The van der Waals surface area contributed by atoms with E-state index in [4.69, 9.17) is 112 Å². The van der Waals surface area contributed by atoms with Crippen molar-refractivity contribution in [1.82, 2.24) is 64.8 Å². The van der Waals surface area contributed by atoms with Gasteiger partial charge in [0.05, 0.1) is 39.7 Å². The number of aliphatic hydroxyl groups excluding tert-OH is 2. The van der Waals surface area contributed by atoms with E-state index < -0.39 is 11.9 Å². The highest BCUT2D eigenvalue weighted by molar-refractivity contribution is 8.00. The molecule has 12 heterocycles. The largest absolute Gasteiger partial charge is 0.390 e. The molecule has 9 aromatic rings. The second kappa shape index (κ2) is 36.9. The van der Waals surface area contributed by atoms with Crippen molar-refractivity contribution in [2.75, 3.05) is 106 Å². The minimum absolute atomic E-state index is 0.0713. The molecule has 8 aromatic heterocycles. The standard InChI is InChI=1S/C23H29ClN6OS.C23H27N7OS.C21H25ClFN7S.C19H23ClFN7S/c1-13-22(32-17-5-9-27-20(26)18(17)24)29-16(12-31)21(28-13)30-10-7-23(8-11-30)6-4-15(19(23)25)14-2-3-14;1-14-21(32-18-6-9-26-22(25)29-18)28-17(13-31)20(27-14)30-10-7-23(8-11-30)12-15-4-2-3-5-16(15)19(23)24;22-14-13(4-8-27-17(14)25)31-20-18(26)29-19(16(23)28-20)30-9-6-21(7-10-30)5-3-12(15(21)24)11-1-2-11;1-10-2-4-19(13(10)22)5-8-28(9-6-19)17-14(21)26-18(16(24)27-17)29-11-3-7-25-15(23)12(11)20/h4-5,9,14,19,31H,2-3,6-8,10-12,25H2,1H3,(H2,26,27);2-6,9,19,31H,7-8,10-13,24H2,1H3,(H2,25,26,29);3-4,8,11,15H,1-2,5-7,9-10,24H2,(H2,25,27)(H2,26,29);2-3,7,13H,4-6,8-9,22H2,1H3,(H2,23,25)(H2,24,27)/t2*19-;15-;13-/m1111/s1. The van der Waals surface area contributed by atoms with E-state index in [0.717, 1.165) is 161 Å². The van der Waals surface area contributed by atoms with Crippen molar-refractivity contribution in [3.63, 3.8) is 0 Å². The van der Waals surface area contributed by atoms with E-state index in [2.05, 4.69) is 104 Å². The van der Waals surface area contributed by atoms with Crippen molar-refractivity contribution < 1.29 is 19.0 Å². The van der Waals surface area contributed by atoms with Crippen LogP contribution in [0.5, 0.6) is 0 Å². The van der Waals surface area contributed by atoms with Crippen LogP contribution in [0.3, 0.4) is 0 Å². The van der Waals surface area contributed by atoms with Gasteiger partial charge >= 0.3 is 0 Å². The molecule has 19 rings (SSSR count). The van der Waals surface area contributed by atoms with Gasteiger partial charge in [-0.05, 0) is 204 Å². The van der Waals surface area contributed by atoms with Gasteiger partial charge in [0.1, 0.15) is 54.0 Å². The number of halogens is 5. The Morgan fingerprint density at radius 2 is 0.790 bits per heavy atom. The summed E-state index contributed by atoms with van der Waals surface area (Å²) < 4.78 is 29.7. The number of nitrogen functional groups attached to an aromatic ring is 6. The minimum Gasteiger partial charge on any atom is -0.390 e. The molecule has 4 atom stereocenters. The molecule has 124 heavy (non-hydrogen) atoms. The zero-order valence-corrected chi connectivity index (χ0v) is 74.8. The number of fused-ring (bicyclic) bond motifs is 1. The predicted molar refractivity (Wildman–Crippen MR) is 488 cm³/mol. The fourth-order valence-corrected chi connectivity index (χ4v) is 22.8. The Balaban J connectivity index is 0.000000122. The summed E-state index contributed by atoms with van der Waals surface area (Å²) in [6.45, 7) is 11.7. The van der Waals surface area contributed by atoms with E-state index in [0.29, 0.717) is 73.4 Å². The molecule has 4 aliphatic heterocycles. The molecule has 0 radical (unpaired) electrons. The van der Waals surface area contributed by atoms with E-state index in [9.17, 15) is 19.0 Å². The van der Waals surface area contributed by atoms with Gasteiger partial charge < -0.3 is 87.1 Å². The number of pyridine rings is 3. The van der Waals surface area contributed by atoms with Crippen LogP contribution in [0.1, 0.15) is 143 Å². The molecule has 1 aromatic carbocycles. The SMILES string of the molecule is CC1=CCC2(CCN(c3nc(N)c(Sc4ccnc(N)c4Cl)nc3F)CC2)[C@@H]1N.Cc1nc(N2CCC3(CC2)Cc2ccccc2[C@H]3N)c(CO)nc1Sc1ccnc(N)n1.Cc1nc(N2CCC3(CC=C(C4CC4)[C@H]3N)CC2)c(CO)nc1Sc1ccnc(N)c1Cl.Nc1nc(N2CCC3(CC=C(C4CC4)[C@H]3N)CC2)c(F)nc1Sc1ccnc(N)c1Cl. The molecule has 6 fully saturated rings. The number of allylic oxidation sites excluding steroid dienone is 3. The van der Waals surface area contributed by atoms with E-state index in [-0.39, 0.29) is 126 Å². The molecule has 0 bridgehead atoms. The third-order valence-electron chi connectivity index (χ3n) is 26.7. The molecular formula is C86H104Cl3F2N27O2S4. The maximum Gasteiger partial charge on any atom is 0.257 e. The van der Waals surface area contributed by atoms with E-state index in [1.54, 1.807) is 36.7 Å². The first-order valence-electron chi connectivity index (χ1n) is 41.9. The number of rotatable bonds is 16. The zero-order chi connectivity index (χ0) is 87.3. The van der Waals surface area contributed by atoms with Gasteiger partial charge in [-0.3, -0.25) is 0 Å². The summed E-state index contributed by atoms with van der Waals surface area (Å²) >= 11 is 23.6. The maximum absolute atomic E-state index is 14.9. The number of nitrogens with two attached hydrogens (primary N) is 10. The number of aryl methyl sites for hydroxylation is 2. The molecule has 0 amide bonds. The third-order valence-corrected chi connectivity index (χ3v) is 32.5. The molecule has 4 saturated heterocycles. The molecule has 2 saturated carbocycles. The van der Waals surface area contributed by atoms with Gasteiger partial charge in [0.25, 0.3) is 11.9 Å². The number of hydrogen-bond acceptors (Lipinski definition) is 33. The molecule has 0 unspecified atom stereocenters. The highest BCUT2D eigenvalue weighted by Gasteiger charge is 2.51. The van der Waals surface area contributed by atoms with Gasteiger partial charge in [0, 0.05) is 116 Å². The lowest BCUT2D eigenvalue weighted by atomic mass is 9.72. The first-order valence-corrected chi connectivity index (χ1v) is 46.3. The van der Waals surface area contributed by atoms with Crippen LogP contribution >= 0.6 is 81.9 Å². The van der Waals surface area contributed by atoms with Crippen molar-refractivity contribution in [3.05, 3.63) is 169 Å². The summed E-state index contributed by atoms with van der Waals surface area (Å²) in [6.07, 6.45) is 30.2. The first-order chi connectivity index (χ1) is 59.6. The number of aliphatic hydroxyl groups is 2. The molecular weight excluding hydrogens is 1720 g/mol. The van der Waals surface area contributed by atoms with Gasteiger partial charge in [-0.25, -0.2) is 64.8 Å². The normalized spacial score (nSPS) is 21.4. The van der Waals surface area contributed by atoms with E-state index in [1.165, 1.54) is 89.4 Å². The smallest absolute Gasteiger partial charge is 0.257 e. The van der Waals surface area contributed by atoms with Crippen LogP contribution in [0, 0.1) is 59.2 Å². The maximum atomic E-state index is 14.9. The molecule has 38 heteroatoms. The molecule has 4 spiro atoms. The summed E-state index contributed by atoms with van der Waals surface area (Å²) in [4.78, 5) is 66.1. The predicted octanol–water partition coefficient (Wildman–Crippen LogP) is 13.2. The summed E-state index contributed by atoms with van der Waals surface area (Å²) in [7, 11) is 0. The summed E-state index contributed by atoms with van der Waals surface area (Å²) in [5, 5.41) is 23.7. The molecule has 22 N–H and O–H groups in total. The van der Waals surface area contributed by atoms with Gasteiger partial charge in [-0.1, -0.05) is 129 Å². The fraction of sp³-hybridized carbons (Fsp3) is 0.453. The molecule has 29 nitrogen and oxygen atoms in total. The van der Waals surface area contributed by atoms with Crippen molar-refractivity contribution in [3.8, 4) is 0 Å². The highest BCUT2D eigenvalue weighted by atomic mass is 35.5. The van der Waals surface area contributed by atoms with Crippen molar-refractivity contribution in [1.29, 1.82) is 0 Å². The lowest BCUT2D eigenvalue weighted by Crippen LogP contribution is -2.48. The Morgan fingerprint density at radius 3 is 1.19 bits per heavy atom. The number of piperidine rings is 4. The first kappa shape index (κ1) is 88.6. The fourth-order valence-electron chi connectivity index (χ4n) is 18.8. The Hall–Kier alpha value is -8.82. The van der Waals surface area contributed by atoms with Crippen LogP contribution < -0.4 is 76.9 Å². The lowest BCUT2D eigenvalue weighted by Gasteiger charge is -2.43. The van der Waals surface area contributed by atoms with Crippen LogP contribution in [0.15, 0.2) is 148 Å². The Labute approximate surface area is 751 Å². The summed E-state index contributed by atoms with van der Waals surface area (Å²) in [5.74, 6) is 3.24. The Morgan fingerprint density at radius 1 is 0.411 bits per heavy atom. The quantitative estimate of drug-likeness (QED) is 0.0316. The monoisotopic (exact) mass is 1820 g/mol. The number of benzene rings is 1. The molecule has 6 aliphatic carbocycles. The van der Waals surface area contributed by atoms with E-state index >= 15 is 0 Å². The minimum atomic E-state index is -0.652. The van der Waals surface area contributed by atoms with Crippen molar-refractivity contribution >= 4 is 140 Å². The number of nitrogens with zero attached hydrogens (tertiary/aromatic N) is 17. The topological polar surface area (TPSA) is 481 Å². The van der Waals surface area contributed by atoms with Gasteiger partial charge in [-0.2, -0.15) is 8.78 Å². The lowest BCUT2D eigenvalue weighted by molar-refractivity contribution is 0.186. The van der Waals surface area contributed by atoms with Crippen LogP contribution in [0.25, 0.3) is 0 Å². The van der Waals surface area contributed by atoms with Crippen LogP contribution in [0.4, 0.5) is 67.1 Å². The van der Waals surface area contributed by atoms with E-state index in [1.807, 2.05) is 23.6 Å². The second-order valence-electron chi connectivity index (χ2n) is 34.0. The van der Waals surface area contributed by atoms with Crippen LogP contribution in [-0.2, 0) is 19.6 Å². The summed E-state index contributed by atoms with van der Waals surface area (Å²) in [5.41, 5.74) is 71.7. The second-order valence-corrected chi connectivity index (χ2v) is 39.3. The Kier molecular flexibility index (Phi) is 26.3. The Bertz CT molecular complexity index is 5590.